The van der Waals surface area contributed by atoms with Crippen LogP contribution in [0, 0.1) is 5.92 Å². The Morgan fingerprint density at radius 3 is 2.62 bits per heavy atom. The van der Waals surface area contributed by atoms with Crippen molar-refractivity contribution in [2.75, 3.05) is 13.1 Å². The lowest BCUT2D eigenvalue weighted by atomic mass is 9.91. The summed E-state index contributed by atoms with van der Waals surface area (Å²) in [6.45, 7) is 1.71. The highest BCUT2D eigenvalue weighted by molar-refractivity contribution is 7.16. The average Bonchev–Trinajstić information content (AvgIpc) is 2.66. The van der Waals surface area contributed by atoms with Crippen LogP contribution in [0.5, 0.6) is 0 Å². The van der Waals surface area contributed by atoms with Gasteiger partial charge in [-0.25, -0.2) is 8.78 Å². The molecule has 0 atom stereocenters. The summed E-state index contributed by atoms with van der Waals surface area (Å²) in [4.78, 5) is 0.0935. The molecule has 1 aliphatic heterocycles. The van der Waals surface area contributed by atoms with Crippen LogP contribution in [0.15, 0.2) is 12.1 Å². The molecule has 1 aliphatic rings. The van der Waals surface area contributed by atoms with E-state index in [1.807, 2.05) is 0 Å². The van der Waals surface area contributed by atoms with Crippen LogP contribution in [0.1, 0.15) is 24.1 Å². The second kappa shape index (κ2) is 4.98. The Morgan fingerprint density at radius 1 is 1.38 bits per heavy atom. The zero-order valence-corrected chi connectivity index (χ0v) is 10.4. The maximum atomic E-state index is 13.9. The smallest absolute Gasteiger partial charge is 0.282 e. The van der Waals surface area contributed by atoms with Gasteiger partial charge in [0.05, 0.1) is 9.21 Å². The van der Waals surface area contributed by atoms with Gasteiger partial charge in [-0.2, -0.15) is 0 Å². The van der Waals surface area contributed by atoms with Gasteiger partial charge < -0.3 is 5.32 Å². The van der Waals surface area contributed by atoms with E-state index < -0.39 is 5.92 Å². The zero-order chi connectivity index (χ0) is 11.6. The van der Waals surface area contributed by atoms with Crippen molar-refractivity contribution in [2.24, 2.45) is 5.92 Å². The quantitative estimate of drug-likeness (QED) is 0.875. The van der Waals surface area contributed by atoms with Crippen molar-refractivity contribution in [3.05, 3.63) is 21.3 Å². The number of halogens is 3. The monoisotopic (exact) mass is 265 g/mol. The lowest BCUT2D eigenvalue weighted by molar-refractivity contribution is -0.0290. The number of piperidine rings is 1. The van der Waals surface area contributed by atoms with E-state index in [0.717, 1.165) is 37.3 Å². The summed E-state index contributed by atoms with van der Waals surface area (Å²) >= 11 is 6.67. The first kappa shape index (κ1) is 12.3. The van der Waals surface area contributed by atoms with Crippen LogP contribution in [0.4, 0.5) is 8.78 Å². The summed E-state index contributed by atoms with van der Waals surface area (Å²) < 4.78 is 28.2. The number of nitrogens with one attached hydrogen (secondary N) is 1. The highest BCUT2D eigenvalue weighted by Gasteiger charge is 2.36. The van der Waals surface area contributed by atoms with Crippen molar-refractivity contribution in [2.45, 2.75) is 25.2 Å². The fourth-order valence-electron chi connectivity index (χ4n) is 2.06. The maximum Gasteiger partial charge on any atom is 0.282 e. The SMILES string of the molecule is FC(F)(CC1CCNCC1)c1ccc(Cl)s1. The first-order valence-electron chi connectivity index (χ1n) is 5.42. The van der Waals surface area contributed by atoms with Crippen molar-refractivity contribution >= 4 is 22.9 Å². The first-order chi connectivity index (χ1) is 7.58. The molecule has 0 saturated carbocycles. The second-order valence-corrected chi connectivity index (χ2v) is 5.92. The largest absolute Gasteiger partial charge is 0.317 e. The van der Waals surface area contributed by atoms with E-state index >= 15 is 0 Å². The Bertz CT molecular complexity index is 348. The van der Waals surface area contributed by atoms with Crippen LogP contribution in [-0.4, -0.2) is 13.1 Å². The molecule has 0 unspecified atom stereocenters. The molecule has 2 rings (SSSR count). The van der Waals surface area contributed by atoms with Crippen LogP contribution in [0.25, 0.3) is 0 Å². The summed E-state index contributed by atoms with van der Waals surface area (Å²) in [6.07, 6.45) is 1.63. The van der Waals surface area contributed by atoms with Gasteiger partial charge in [0.25, 0.3) is 5.92 Å². The third-order valence-corrected chi connectivity index (χ3v) is 4.28. The van der Waals surface area contributed by atoms with E-state index in [0.29, 0.717) is 4.34 Å². The van der Waals surface area contributed by atoms with Crippen LogP contribution >= 0.6 is 22.9 Å². The molecule has 1 aromatic rings. The van der Waals surface area contributed by atoms with Crippen LogP contribution in [-0.2, 0) is 5.92 Å². The lowest BCUT2D eigenvalue weighted by Gasteiger charge is -2.26. The van der Waals surface area contributed by atoms with Crippen LogP contribution in [0.3, 0.4) is 0 Å². The predicted octanol–water partition coefficient (Wildman–Crippen LogP) is 3.88. The standard InChI is InChI=1S/C11H14ClF2NS/c12-10-2-1-9(16-10)11(13,14)7-8-3-5-15-6-4-8/h1-2,8,15H,3-7H2. The minimum absolute atomic E-state index is 0.0501. The lowest BCUT2D eigenvalue weighted by Crippen LogP contribution is -2.30. The van der Waals surface area contributed by atoms with E-state index in [-0.39, 0.29) is 17.2 Å². The predicted molar refractivity (Wildman–Crippen MR) is 63.4 cm³/mol. The van der Waals surface area contributed by atoms with Gasteiger partial charge in [-0.3, -0.25) is 0 Å². The molecule has 1 aromatic heterocycles. The number of hydrogen-bond donors (Lipinski definition) is 1. The Kier molecular flexibility index (Phi) is 3.82. The molecule has 5 heteroatoms. The summed E-state index contributed by atoms with van der Waals surface area (Å²) in [5.74, 6) is -2.60. The molecule has 90 valence electrons. The molecule has 0 radical (unpaired) electrons. The maximum absolute atomic E-state index is 13.9. The molecule has 1 fully saturated rings. The molecule has 0 aromatic carbocycles. The van der Waals surface area contributed by atoms with E-state index in [4.69, 9.17) is 11.6 Å². The molecule has 1 saturated heterocycles. The Morgan fingerprint density at radius 2 is 2.06 bits per heavy atom. The summed E-state index contributed by atoms with van der Waals surface area (Å²) in [5, 5.41) is 3.18. The third-order valence-electron chi connectivity index (χ3n) is 2.94. The number of hydrogen-bond acceptors (Lipinski definition) is 2. The fraction of sp³-hybridized carbons (Fsp3) is 0.636. The van der Waals surface area contributed by atoms with Crippen molar-refractivity contribution in [3.8, 4) is 0 Å². The molecular weight excluding hydrogens is 252 g/mol. The van der Waals surface area contributed by atoms with Gasteiger partial charge in [0, 0.05) is 6.42 Å². The second-order valence-electron chi connectivity index (χ2n) is 4.21. The Labute approximate surface area is 103 Å². The topological polar surface area (TPSA) is 12.0 Å². The minimum Gasteiger partial charge on any atom is -0.317 e. The molecule has 0 spiro atoms. The van der Waals surface area contributed by atoms with Gasteiger partial charge in [-0.15, -0.1) is 11.3 Å². The van der Waals surface area contributed by atoms with Gasteiger partial charge in [-0.05, 0) is 44.0 Å². The van der Waals surface area contributed by atoms with E-state index in [1.165, 1.54) is 12.1 Å². The molecule has 2 heterocycles. The Hall–Kier alpha value is -0.190. The van der Waals surface area contributed by atoms with Crippen LogP contribution in [0.2, 0.25) is 4.34 Å². The molecule has 1 nitrogen and oxygen atoms in total. The third kappa shape index (κ3) is 2.93. The van der Waals surface area contributed by atoms with Gasteiger partial charge >= 0.3 is 0 Å². The van der Waals surface area contributed by atoms with E-state index in [2.05, 4.69) is 5.32 Å². The minimum atomic E-state index is -2.72. The Balaban J connectivity index is 2.01. The molecule has 16 heavy (non-hydrogen) atoms. The normalized spacial score (nSPS) is 18.9. The van der Waals surface area contributed by atoms with Crippen molar-refractivity contribution in [1.82, 2.24) is 5.32 Å². The molecule has 0 amide bonds. The van der Waals surface area contributed by atoms with Gasteiger partial charge in [-0.1, -0.05) is 11.6 Å². The van der Waals surface area contributed by atoms with Gasteiger partial charge in [0.1, 0.15) is 0 Å². The number of alkyl halides is 2. The van der Waals surface area contributed by atoms with Crippen LogP contribution < -0.4 is 5.32 Å². The van der Waals surface area contributed by atoms with Crippen molar-refractivity contribution in [3.63, 3.8) is 0 Å². The summed E-state index contributed by atoms with van der Waals surface area (Å²) in [6, 6.07) is 2.98. The summed E-state index contributed by atoms with van der Waals surface area (Å²) in [5.41, 5.74) is 0. The molecular formula is C11H14ClF2NS. The van der Waals surface area contributed by atoms with Gasteiger partial charge in [0.2, 0.25) is 0 Å². The zero-order valence-electron chi connectivity index (χ0n) is 8.81. The molecule has 1 N–H and O–H groups in total. The van der Waals surface area contributed by atoms with E-state index in [9.17, 15) is 8.78 Å². The first-order valence-corrected chi connectivity index (χ1v) is 6.62. The highest BCUT2D eigenvalue weighted by atomic mass is 35.5. The van der Waals surface area contributed by atoms with Gasteiger partial charge in [0.15, 0.2) is 0 Å². The fourth-order valence-corrected chi connectivity index (χ4v) is 3.09. The molecule has 0 aliphatic carbocycles. The van der Waals surface area contributed by atoms with E-state index in [1.54, 1.807) is 0 Å². The van der Waals surface area contributed by atoms with Crippen molar-refractivity contribution < 1.29 is 8.78 Å². The summed E-state index contributed by atoms with van der Waals surface area (Å²) in [7, 11) is 0. The molecule has 0 bridgehead atoms. The number of thiophene rings is 1. The highest BCUT2D eigenvalue weighted by Crippen LogP contribution is 2.41. The van der Waals surface area contributed by atoms with Crippen molar-refractivity contribution in [1.29, 1.82) is 0 Å². The number of rotatable bonds is 3. The average molecular weight is 266 g/mol.